The van der Waals surface area contributed by atoms with E-state index in [-0.39, 0.29) is 10.6 Å². The predicted octanol–water partition coefficient (Wildman–Crippen LogP) is 5.25. The number of thiophene rings is 1. The first-order chi connectivity index (χ1) is 13.0. The molecule has 1 N–H and O–H groups in total. The van der Waals surface area contributed by atoms with Crippen LogP contribution in [0.2, 0.25) is 5.02 Å². The smallest absolute Gasteiger partial charge is 0.341 e. The fourth-order valence-corrected chi connectivity index (χ4v) is 4.64. The van der Waals surface area contributed by atoms with Crippen LogP contribution in [0.3, 0.4) is 0 Å². The zero-order valence-electron chi connectivity index (χ0n) is 14.8. The molecule has 2 aromatic rings. The number of carbonyl (C=O) groups is 2. The van der Waals surface area contributed by atoms with Gasteiger partial charge in [-0.05, 0) is 49.5 Å². The molecule has 1 aliphatic carbocycles. The Balaban J connectivity index is 1.85. The van der Waals surface area contributed by atoms with E-state index < -0.39 is 17.7 Å². The Hall–Kier alpha value is -2.18. The van der Waals surface area contributed by atoms with Crippen LogP contribution in [-0.4, -0.2) is 19.0 Å². The lowest BCUT2D eigenvalue weighted by atomic mass is 10.1. The van der Waals surface area contributed by atoms with E-state index in [9.17, 15) is 14.0 Å². The van der Waals surface area contributed by atoms with E-state index in [0.717, 1.165) is 42.5 Å². The summed E-state index contributed by atoms with van der Waals surface area (Å²) in [6.07, 6.45) is 7.41. The first-order valence-electron chi connectivity index (χ1n) is 8.67. The number of aryl methyl sites for hydroxylation is 1. The molecule has 0 spiro atoms. The predicted molar refractivity (Wildman–Crippen MR) is 106 cm³/mol. The standard InChI is InChI=1S/C20H19ClFNO3S/c1-26-20(25)18-13-6-3-2-4-9-16(13)27-19(18)23-17(24)11-10-12-14(21)7-5-8-15(12)22/h5,7-8,10-11H,2-4,6,9H2,1H3,(H,23,24). The zero-order valence-corrected chi connectivity index (χ0v) is 16.4. The molecular formula is C20H19ClFNO3S. The van der Waals surface area contributed by atoms with Crippen LogP contribution in [0, 0.1) is 5.82 Å². The number of esters is 1. The van der Waals surface area contributed by atoms with E-state index in [4.69, 9.17) is 16.3 Å². The van der Waals surface area contributed by atoms with Gasteiger partial charge in [-0.3, -0.25) is 4.79 Å². The van der Waals surface area contributed by atoms with E-state index in [2.05, 4.69) is 5.32 Å². The van der Waals surface area contributed by atoms with E-state index in [1.807, 2.05) is 0 Å². The molecule has 0 saturated heterocycles. The van der Waals surface area contributed by atoms with Crippen molar-refractivity contribution < 1.29 is 18.7 Å². The number of nitrogens with one attached hydrogen (secondary N) is 1. The molecule has 1 aliphatic rings. The molecule has 1 heterocycles. The fourth-order valence-electron chi connectivity index (χ4n) is 3.13. The summed E-state index contributed by atoms with van der Waals surface area (Å²) < 4.78 is 18.7. The minimum Gasteiger partial charge on any atom is -0.465 e. The summed E-state index contributed by atoms with van der Waals surface area (Å²) in [5.74, 6) is -1.42. The van der Waals surface area contributed by atoms with Gasteiger partial charge in [-0.15, -0.1) is 11.3 Å². The molecule has 0 bridgehead atoms. The van der Waals surface area contributed by atoms with E-state index >= 15 is 0 Å². The number of benzene rings is 1. The summed E-state index contributed by atoms with van der Waals surface area (Å²) in [6.45, 7) is 0. The number of halogens is 2. The Morgan fingerprint density at radius 3 is 2.78 bits per heavy atom. The summed E-state index contributed by atoms with van der Waals surface area (Å²) in [6, 6.07) is 4.32. The van der Waals surface area contributed by atoms with Gasteiger partial charge in [0.1, 0.15) is 10.8 Å². The van der Waals surface area contributed by atoms with E-state index in [0.29, 0.717) is 10.6 Å². The number of fused-ring (bicyclic) bond motifs is 1. The van der Waals surface area contributed by atoms with Gasteiger partial charge in [-0.2, -0.15) is 0 Å². The van der Waals surface area contributed by atoms with Gasteiger partial charge in [-0.1, -0.05) is 24.1 Å². The Morgan fingerprint density at radius 2 is 2.04 bits per heavy atom. The molecule has 1 aromatic carbocycles. The average molecular weight is 408 g/mol. The Morgan fingerprint density at radius 1 is 1.26 bits per heavy atom. The van der Waals surface area contributed by atoms with Gasteiger partial charge in [0.25, 0.3) is 0 Å². The molecule has 1 amide bonds. The van der Waals surface area contributed by atoms with Crippen molar-refractivity contribution in [2.75, 3.05) is 12.4 Å². The van der Waals surface area contributed by atoms with Crippen molar-refractivity contribution in [2.24, 2.45) is 0 Å². The maximum absolute atomic E-state index is 13.8. The third kappa shape index (κ3) is 4.39. The SMILES string of the molecule is COC(=O)c1c(NC(=O)C=Cc2c(F)cccc2Cl)sc2c1CCCCC2. The van der Waals surface area contributed by atoms with Gasteiger partial charge < -0.3 is 10.1 Å². The highest BCUT2D eigenvalue weighted by molar-refractivity contribution is 7.17. The van der Waals surface area contributed by atoms with E-state index in [1.165, 1.54) is 42.7 Å². The second-order valence-electron chi connectivity index (χ2n) is 6.22. The monoisotopic (exact) mass is 407 g/mol. The normalized spacial score (nSPS) is 13.9. The molecule has 1 aromatic heterocycles. The second-order valence-corrected chi connectivity index (χ2v) is 7.73. The number of rotatable bonds is 4. The van der Waals surface area contributed by atoms with Crippen LogP contribution in [0.25, 0.3) is 6.08 Å². The molecule has 0 aliphatic heterocycles. The Labute approximate surface area is 166 Å². The van der Waals surface area contributed by atoms with Crippen molar-refractivity contribution in [1.29, 1.82) is 0 Å². The summed E-state index contributed by atoms with van der Waals surface area (Å²) in [5, 5.41) is 3.43. The van der Waals surface area contributed by atoms with E-state index in [1.54, 1.807) is 6.07 Å². The second kappa shape index (κ2) is 8.67. The molecule has 0 radical (unpaired) electrons. The number of anilines is 1. The average Bonchev–Trinajstić information content (AvgIpc) is 2.81. The van der Waals surface area contributed by atoms with Crippen molar-refractivity contribution in [3.63, 3.8) is 0 Å². The molecule has 142 valence electrons. The van der Waals surface area contributed by atoms with Gasteiger partial charge in [-0.25, -0.2) is 9.18 Å². The van der Waals surface area contributed by atoms with Gasteiger partial charge in [0, 0.05) is 16.5 Å². The Kier molecular flexibility index (Phi) is 6.29. The van der Waals surface area contributed by atoms with Crippen LogP contribution in [0.1, 0.15) is 45.6 Å². The molecule has 27 heavy (non-hydrogen) atoms. The molecule has 4 nitrogen and oxygen atoms in total. The molecule has 7 heteroatoms. The number of carbonyl (C=O) groups excluding carboxylic acids is 2. The zero-order chi connectivity index (χ0) is 19.4. The van der Waals surface area contributed by atoms with Crippen molar-refractivity contribution in [1.82, 2.24) is 0 Å². The van der Waals surface area contributed by atoms with Crippen molar-refractivity contribution in [3.8, 4) is 0 Å². The van der Waals surface area contributed by atoms with Crippen LogP contribution in [0.15, 0.2) is 24.3 Å². The minimum atomic E-state index is -0.510. The summed E-state index contributed by atoms with van der Waals surface area (Å²) >= 11 is 7.37. The maximum atomic E-state index is 13.8. The highest BCUT2D eigenvalue weighted by Gasteiger charge is 2.25. The topological polar surface area (TPSA) is 55.4 Å². The quantitative estimate of drug-likeness (QED) is 0.428. The fraction of sp³-hybridized carbons (Fsp3) is 0.300. The number of hydrogen-bond donors (Lipinski definition) is 1. The summed E-state index contributed by atoms with van der Waals surface area (Å²) in [7, 11) is 1.33. The van der Waals surface area contributed by atoms with Crippen molar-refractivity contribution >= 4 is 45.9 Å². The molecular weight excluding hydrogens is 389 g/mol. The van der Waals surface area contributed by atoms with Gasteiger partial charge in [0.15, 0.2) is 0 Å². The van der Waals surface area contributed by atoms with Crippen LogP contribution < -0.4 is 5.32 Å². The molecule has 0 unspecified atom stereocenters. The number of methoxy groups -OCH3 is 1. The Bertz CT molecular complexity index is 887. The summed E-state index contributed by atoms with van der Waals surface area (Å²) in [4.78, 5) is 25.7. The van der Waals surface area contributed by atoms with Crippen LogP contribution in [-0.2, 0) is 22.4 Å². The van der Waals surface area contributed by atoms with Gasteiger partial charge in [0.05, 0.1) is 17.7 Å². The molecule has 0 atom stereocenters. The van der Waals surface area contributed by atoms with Gasteiger partial charge >= 0.3 is 5.97 Å². The number of ether oxygens (including phenoxy) is 1. The van der Waals surface area contributed by atoms with Gasteiger partial charge in [0.2, 0.25) is 5.91 Å². The van der Waals surface area contributed by atoms with Crippen LogP contribution in [0.4, 0.5) is 9.39 Å². The first-order valence-corrected chi connectivity index (χ1v) is 9.86. The summed E-state index contributed by atoms with van der Waals surface area (Å²) in [5.41, 5.74) is 1.55. The highest BCUT2D eigenvalue weighted by atomic mass is 35.5. The van der Waals surface area contributed by atoms with Crippen LogP contribution >= 0.6 is 22.9 Å². The van der Waals surface area contributed by atoms with Crippen molar-refractivity contribution in [3.05, 3.63) is 56.7 Å². The third-order valence-electron chi connectivity index (χ3n) is 4.45. The largest absolute Gasteiger partial charge is 0.465 e. The van der Waals surface area contributed by atoms with Crippen molar-refractivity contribution in [2.45, 2.75) is 32.1 Å². The number of amides is 1. The minimum absolute atomic E-state index is 0.143. The molecule has 0 fully saturated rings. The first kappa shape index (κ1) is 19.6. The third-order valence-corrected chi connectivity index (χ3v) is 5.99. The molecule has 0 saturated carbocycles. The maximum Gasteiger partial charge on any atom is 0.341 e. The molecule has 3 rings (SSSR count). The lowest BCUT2D eigenvalue weighted by Gasteiger charge is -2.06. The lowest BCUT2D eigenvalue weighted by Crippen LogP contribution is -2.12. The highest BCUT2D eigenvalue weighted by Crippen LogP contribution is 2.38. The lowest BCUT2D eigenvalue weighted by molar-refractivity contribution is -0.111. The van der Waals surface area contributed by atoms with Crippen LogP contribution in [0.5, 0.6) is 0 Å². The number of hydrogen-bond acceptors (Lipinski definition) is 4.